The molecule has 0 atom stereocenters. The van der Waals surface area contributed by atoms with Crippen LogP contribution in [0, 0.1) is 13.8 Å². The van der Waals surface area contributed by atoms with Crippen molar-refractivity contribution in [1.29, 1.82) is 0 Å². The van der Waals surface area contributed by atoms with E-state index in [4.69, 9.17) is 0 Å². The third kappa shape index (κ3) is 4.98. The molecular weight excluding hydrogens is 390 g/mol. The van der Waals surface area contributed by atoms with Gasteiger partial charge in [-0.1, -0.05) is 18.2 Å². The molecule has 0 bridgehead atoms. The van der Waals surface area contributed by atoms with Crippen LogP contribution < -0.4 is 5.32 Å². The van der Waals surface area contributed by atoms with Crippen LogP contribution in [0.4, 0.5) is 5.69 Å². The lowest BCUT2D eigenvalue weighted by Crippen LogP contribution is -2.31. The Bertz CT molecular complexity index is 889. The van der Waals surface area contributed by atoms with E-state index in [9.17, 15) is 9.59 Å². The van der Waals surface area contributed by atoms with Crippen LogP contribution in [-0.4, -0.2) is 53.6 Å². The molecule has 2 aromatic heterocycles. The number of carbonyl (C=O) groups excluding carboxylic acids is 2. The summed E-state index contributed by atoms with van der Waals surface area (Å²) >= 11 is 1.35. The summed E-state index contributed by atoms with van der Waals surface area (Å²) in [5, 5.41) is 16.5. The zero-order valence-electron chi connectivity index (χ0n) is 17.6. The Morgan fingerprint density at radius 2 is 2.00 bits per heavy atom. The van der Waals surface area contributed by atoms with Gasteiger partial charge in [0.05, 0.1) is 29.4 Å². The normalized spacial score (nSPS) is 14.9. The molecule has 158 valence electrons. The number of likely N-dealkylation sites (tertiary alicyclic amines) is 1. The van der Waals surface area contributed by atoms with Gasteiger partial charge in [0.25, 0.3) is 0 Å². The van der Waals surface area contributed by atoms with Gasteiger partial charge in [0.2, 0.25) is 11.8 Å². The summed E-state index contributed by atoms with van der Waals surface area (Å²) in [6.07, 6.45) is 3.69. The standard InChI is InChI=1S/C19H29N7O2S/c1-5-26-15(11-25-10-8-6-7-9-17(25)28)21-22-19(26)29-12-16(27)20-18-13(2)23-24(4)14(18)3/h5-12H2,1-4H3,(H,20,27). The minimum Gasteiger partial charge on any atom is -0.335 e. The van der Waals surface area contributed by atoms with Crippen LogP contribution in [0.1, 0.15) is 49.8 Å². The maximum absolute atomic E-state index is 12.4. The predicted molar refractivity (Wildman–Crippen MR) is 112 cm³/mol. The van der Waals surface area contributed by atoms with Gasteiger partial charge in [0, 0.05) is 26.6 Å². The quantitative estimate of drug-likeness (QED) is 0.692. The van der Waals surface area contributed by atoms with Crippen molar-refractivity contribution in [2.45, 2.75) is 64.7 Å². The molecule has 1 aliphatic rings. The van der Waals surface area contributed by atoms with Gasteiger partial charge in [-0.2, -0.15) is 5.10 Å². The zero-order chi connectivity index (χ0) is 21.0. The van der Waals surface area contributed by atoms with E-state index in [1.807, 2.05) is 37.3 Å². The number of amides is 2. The molecule has 2 amide bonds. The number of aromatic nitrogens is 5. The average Bonchev–Trinajstić information content (AvgIpc) is 3.10. The highest BCUT2D eigenvalue weighted by molar-refractivity contribution is 7.99. The second kappa shape index (κ2) is 9.43. The zero-order valence-corrected chi connectivity index (χ0v) is 18.4. The van der Waals surface area contributed by atoms with Crippen molar-refractivity contribution in [2.75, 3.05) is 17.6 Å². The van der Waals surface area contributed by atoms with Crippen molar-refractivity contribution in [3.8, 4) is 0 Å². The average molecular weight is 420 g/mol. The van der Waals surface area contributed by atoms with Gasteiger partial charge in [-0.15, -0.1) is 10.2 Å². The van der Waals surface area contributed by atoms with Gasteiger partial charge in [-0.05, 0) is 33.6 Å². The highest BCUT2D eigenvalue weighted by Gasteiger charge is 2.21. The molecular formula is C19H29N7O2S. The molecule has 0 spiro atoms. The summed E-state index contributed by atoms with van der Waals surface area (Å²) < 4.78 is 3.74. The number of anilines is 1. The van der Waals surface area contributed by atoms with E-state index >= 15 is 0 Å². The van der Waals surface area contributed by atoms with E-state index < -0.39 is 0 Å². The van der Waals surface area contributed by atoms with Gasteiger partial charge >= 0.3 is 0 Å². The number of hydrogen-bond acceptors (Lipinski definition) is 6. The number of nitrogens with one attached hydrogen (secondary N) is 1. The van der Waals surface area contributed by atoms with Crippen molar-refractivity contribution < 1.29 is 9.59 Å². The van der Waals surface area contributed by atoms with Crippen molar-refractivity contribution >= 4 is 29.3 Å². The second-order valence-electron chi connectivity index (χ2n) is 7.28. The first-order valence-electron chi connectivity index (χ1n) is 10.0. The smallest absolute Gasteiger partial charge is 0.234 e. The molecule has 1 fully saturated rings. The summed E-state index contributed by atoms with van der Waals surface area (Å²) in [4.78, 5) is 26.6. The van der Waals surface area contributed by atoms with Crippen molar-refractivity contribution in [3.05, 3.63) is 17.2 Å². The molecule has 3 heterocycles. The fourth-order valence-corrected chi connectivity index (χ4v) is 4.32. The number of aryl methyl sites for hydroxylation is 2. The first-order valence-corrected chi connectivity index (χ1v) is 11.0. The molecule has 9 nitrogen and oxygen atoms in total. The molecule has 0 aromatic carbocycles. The van der Waals surface area contributed by atoms with Gasteiger partial charge < -0.3 is 14.8 Å². The number of nitrogens with zero attached hydrogens (tertiary/aromatic N) is 6. The van der Waals surface area contributed by atoms with Gasteiger partial charge in [0.15, 0.2) is 11.0 Å². The summed E-state index contributed by atoms with van der Waals surface area (Å²) in [6, 6.07) is 0. The van der Waals surface area contributed by atoms with Crippen LogP contribution in [0.3, 0.4) is 0 Å². The molecule has 0 aliphatic carbocycles. The molecule has 3 rings (SSSR count). The third-order valence-electron chi connectivity index (χ3n) is 5.22. The van der Waals surface area contributed by atoms with Crippen LogP contribution in [-0.2, 0) is 29.7 Å². The van der Waals surface area contributed by atoms with Crippen LogP contribution >= 0.6 is 11.8 Å². The Labute approximate surface area is 175 Å². The summed E-state index contributed by atoms with van der Waals surface area (Å²) in [6.45, 7) is 7.75. The molecule has 1 saturated heterocycles. The molecule has 0 saturated carbocycles. The van der Waals surface area contributed by atoms with E-state index in [1.54, 1.807) is 4.68 Å². The molecule has 2 aromatic rings. The SMILES string of the molecule is CCn1c(CN2CCCCCC2=O)nnc1SCC(=O)Nc1c(C)nn(C)c1C. The largest absolute Gasteiger partial charge is 0.335 e. The predicted octanol–water partition coefficient (Wildman–Crippen LogP) is 2.28. The maximum atomic E-state index is 12.4. The highest BCUT2D eigenvalue weighted by atomic mass is 32.2. The Kier molecular flexibility index (Phi) is 6.94. The number of hydrogen-bond donors (Lipinski definition) is 1. The Hall–Kier alpha value is -2.36. The van der Waals surface area contributed by atoms with Crippen molar-refractivity contribution in [1.82, 2.24) is 29.4 Å². The molecule has 0 radical (unpaired) electrons. The third-order valence-corrected chi connectivity index (χ3v) is 6.19. The molecule has 10 heteroatoms. The topological polar surface area (TPSA) is 97.9 Å². The number of rotatable bonds is 7. The highest BCUT2D eigenvalue weighted by Crippen LogP contribution is 2.22. The van der Waals surface area contributed by atoms with E-state index in [0.717, 1.165) is 48.7 Å². The lowest BCUT2D eigenvalue weighted by molar-refractivity contribution is -0.131. The van der Waals surface area contributed by atoms with Crippen molar-refractivity contribution in [2.24, 2.45) is 7.05 Å². The molecule has 1 aliphatic heterocycles. The van der Waals surface area contributed by atoms with Gasteiger partial charge in [-0.25, -0.2) is 0 Å². The van der Waals surface area contributed by atoms with Gasteiger partial charge in [-0.3, -0.25) is 14.3 Å². The Balaban J connectivity index is 1.62. The summed E-state index contributed by atoms with van der Waals surface area (Å²) in [7, 11) is 1.85. The monoisotopic (exact) mass is 419 g/mol. The van der Waals surface area contributed by atoms with E-state index in [0.29, 0.717) is 24.7 Å². The Morgan fingerprint density at radius 3 is 2.69 bits per heavy atom. The summed E-state index contributed by atoms with van der Waals surface area (Å²) in [5.74, 6) is 1.08. The Morgan fingerprint density at radius 1 is 1.21 bits per heavy atom. The first kappa shape index (κ1) is 21.4. The minimum absolute atomic E-state index is 0.107. The maximum Gasteiger partial charge on any atom is 0.234 e. The number of carbonyl (C=O) groups is 2. The minimum atomic E-state index is -0.107. The van der Waals surface area contributed by atoms with Crippen LogP contribution in [0.15, 0.2) is 5.16 Å². The molecule has 29 heavy (non-hydrogen) atoms. The van der Waals surface area contributed by atoms with Crippen molar-refractivity contribution in [3.63, 3.8) is 0 Å². The van der Waals surface area contributed by atoms with E-state index in [2.05, 4.69) is 20.6 Å². The fraction of sp³-hybridized carbons (Fsp3) is 0.632. The second-order valence-corrected chi connectivity index (χ2v) is 8.22. The fourth-order valence-electron chi connectivity index (χ4n) is 3.50. The van der Waals surface area contributed by atoms with Crippen LogP contribution in [0.25, 0.3) is 0 Å². The van der Waals surface area contributed by atoms with Crippen LogP contribution in [0.5, 0.6) is 0 Å². The molecule has 0 unspecified atom stereocenters. The summed E-state index contributed by atoms with van der Waals surface area (Å²) in [5.41, 5.74) is 2.47. The number of thioether (sulfide) groups is 1. The molecule has 1 N–H and O–H groups in total. The first-order chi connectivity index (χ1) is 13.9. The van der Waals surface area contributed by atoms with E-state index in [1.165, 1.54) is 11.8 Å². The lowest BCUT2D eigenvalue weighted by atomic mass is 10.2. The lowest BCUT2D eigenvalue weighted by Gasteiger charge is -2.20. The van der Waals surface area contributed by atoms with Crippen LogP contribution in [0.2, 0.25) is 0 Å². The van der Waals surface area contributed by atoms with E-state index in [-0.39, 0.29) is 17.6 Å². The van der Waals surface area contributed by atoms with Gasteiger partial charge in [0.1, 0.15) is 0 Å².